The number of ether oxygens (including phenoxy) is 1. The molecule has 2 aliphatic rings. The Bertz CT molecular complexity index is 1880. The van der Waals surface area contributed by atoms with Gasteiger partial charge in [0, 0.05) is 61.3 Å². The monoisotopic (exact) mass is 685 g/mol. The van der Waals surface area contributed by atoms with Crippen LogP contribution in [0.4, 0.5) is 31.1 Å². The van der Waals surface area contributed by atoms with Gasteiger partial charge >= 0.3 is 18.4 Å². The lowest BCUT2D eigenvalue weighted by molar-refractivity contribution is -0.143. The average Bonchev–Trinajstić information content (AvgIpc) is 3.41. The highest BCUT2D eigenvalue weighted by atomic mass is 19.4. The maximum atomic E-state index is 14.1. The molecule has 49 heavy (non-hydrogen) atoms. The highest BCUT2D eigenvalue weighted by Crippen LogP contribution is 2.38. The molecule has 0 aliphatic carbocycles. The van der Waals surface area contributed by atoms with Crippen LogP contribution in [0.25, 0.3) is 16.5 Å². The number of halogens is 6. The molecule has 1 saturated heterocycles. The van der Waals surface area contributed by atoms with Crippen LogP contribution in [-0.4, -0.2) is 73.7 Å². The molecule has 0 spiro atoms. The number of para-hydroxylation sites is 1. The van der Waals surface area contributed by atoms with Crippen LogP contribution in [0.2, 0.25) is 0 Å². The zero-order valence-electron chi connectivity index (χ0n) is 26.8. The first-order chi connectivity index (χ1) is 23.0. The van der Waals surface area contributed by atoms with Crippen molar-refractivity contribution in [3.05, 3.63) is 101 Å². The second-order valence-electron chi connectivity index (χ2n) is 13.3. The number of fused-ring (bicyclic) bond motifs is 2. The van der Waals surface area contributed by atoms with Gasteiger partial charge in [-0.15, -0.1) is 0 Å². The predicted octanol–water partition coefficient (Wildman–Crippen LogP) is 7.48. The van der Waals surface area contributed by atoms with Crippen LogP contribution in [-0.2, 0) is 23.5 Å². The van der Waals surface area contributed by atoms with Crippen molar-refractivity contribution in [1.82, 2.24) is 24.3 Å². The summed E-state index contributed by atoms with van der Waals surface area (Å²) in [4.78, 5) is 39.3. The molecule has 1 amide bonds. The summed E-state index contributed by atoms with van der Waals surface area (Å²) in [6, 6.07) is 7.11. The first kappa shape index (κ1) is 34.2. The van der Waals surface area contributed by atoms with E-state index in [1.54, 1.807) is 63.8 Å². The highest BCUT2D eigenvalue weighted by molar-refractivity contribution is 5.95. The van der Waals surface area contributed by atoms with Crippen LogP contribution >= 0.6 is 0 Å². The van der Waals surface area contributed by atoms with Crippen LogP contribution in [0.3, 0.4) is 0 Å². The standard InChI is InChI=1S/C35H33F6N5O3/c1-33(2,3)49-32(48)46-18-23(28-6-4-5-7-30(28)46)14-27-19-44-17-21(29-16-42-10-11-43-29)8-9-26(44)20-45(27)31(47)22-12-24(34(36,37)38)15-25(13-22)35(39,40)41/h4-8,10-13,15-16,18,26-27H,9,14,17,19-20H2,1-3H3/t26-,27-/m1/s1. The number of amides is 1. The number of rotatable bonds is 4. The topological polar surface area (TPSA) is 80.6 Å². The quantitative estimate of drug-likeness (QED) is 0.208. The van der Waals surface area contributed by atoms with Gasteiger partial charge in [0.1, 0.15) is 5.60 Å². The lowest BCUT2D eigenvalue weighted by atomic mass is 9.92. The van der Waals surface area contributed by atoms with Crippen molar-refractivity contribution in [3.8, 4) is 0 Å². The van der Waals surface area contributed by atoms with E-state index in [-0.39, 0.29) is 31.6 Å². The smallest absolute Gasteiger partial charge is 0.419 e. The molecular formula is C35H33F6N5O3. The zero-order valence-corrected chi connectivity index (χ0v) is 26.8. The van der Waals surface area contributed by atoms with E-state index >= 15 is 0 Å². The van der Waals surface area contributed by atoms with Gasteiger partial charge in [-0.05, 0) is 69.0 Å². The summed E-state index contributed by atoms with van der Waals surface area (Å²) in [7, 11) is 0. The molecule has 0 radical (unpaired) electrons. The van der Waals surface area contributed by atoms with Crippen molar-refractivity contribution < 1.29 is 40.7 Å². The first-order valence-electron chi connectivity index (χ1n) is 15.6. The number of carbonyl (C=O) groups excluding carboxylic acids is 2. The van der Waals surface area contributed by atoms with Crippen molar-refractivity contribution in [2.24, 2.45) is 0 Å². The van der Waals surface area contributed by atoms with Gasteiger partial charge in [0.05, 0.1) is 28.5 Å². The average molecular weight is 686 g/mol. The van der Waals surface area contributed by atoms with Gasteiger partial charge in [0.2, 0.25) is 0 Å². The summed E-state index contributed by atoms with van der Waals surface area (Å²) in [5.41, 5.74) is -1.81. The van der Waals surface area contributed by atoms with Gasteiger partial charge in [-0.1, -0.05) is 24.3 Å². The molecular weight excluding hydrogens is 652 g/mol. The van der Waals surface area contributed by atoms with E-state index < -0.39 is 52.7 Å². The maximum Gasteiger partial charge on any atom is 0.419 e. The summed E-state index contributed by atoms with van der Waals surface area (Å²) in [5, 5.41) is 0.695. The molecule has 14 heteroatoms. The molecule has 8 nitrogen and oxygen atoms in total. The maximum absolute atomic E-state index is 14.1. The van der Waals surface area contributed by atoms with Crippen molar-refractivity contribution in [1.29, 1.82) is 0 Å². The molecule has 1 fully saturated rings. The number of alkyl halides is 6. The second kappa shape index (κ2) is 12.6. The van der Waals surface area contributed by atoms with Gasteiger partial charge in [0.15, 0.2) is 0 Å². The molecule has 0 unspecified atom stereocenters. The minimum absolute atomic E-state index is 0.0116. The molecule has 6 rings (SSSR count). The normalized spacial score (nSPS) is 19.0. The van der Waals surface area contributed by atoms with E-state index in [4.69, 9.17) is 4.74 Å². The number of hydrogen-bond acceptors (Lipinski definition) is 6. The number of hydrogen-bond donors (Lipinski definition) is 0. The van der Waals surface area contributed by atoms with Crippen LogP contribution in [0.1, 0.15) is 59.9 Å². The molecule has 258 valence electrons. The first-order valence-corrected chi connectivity index (χ1v) is 15.6. The van der Waals surface area contributed by atoms with Crippen molar-refractivity contribution >= 4 is 28.5 Å². The highest BCUT2D eigenvalue weighted by Gasteiger charge is 2.41. The van der Waals surface area contributed by atoms with Gasteiger partial charge in [-0.25, -0.2) is 4.79 Å². The van der Waals surface area contributed by atoms with Gasteiger partial charge < -0.3 is 9.64 Å². The third-order valence-corrected chi connectivity index (χ3v) is 8.65. The van der Waals surface area contributed by atoms with E-state index in [0.29, 0.717) is 47.3 Å². The molecule has 0 N–H and O–H groups in total. The zero-order chi connectivity index (χ0) is 35.3. The van der Waals surface area contributed by atoms with E-state index in [1.807, 2.05) is 12.1 Å². The fourth-order valence-corrected chi connectivity index (χ4v) is 6.44. The Labute approximate surface area is 278 Å². The van der Waals surface area contributed by atoms with Gasteiger partial charge in [-0.2, -0.15) is 26.3 Å². The summed E-state index contributed by atoms with van der Waals surface area (Å²) in [6.07, 6.45) is -1.86. The largest absolute Gasteiger partial charge is 0.443 e. The summed E-state index contributed by atoms with van der Waals surface area (Å²) >= 11 is 0. The Kier molecular flexibility index (Phi) is 8.80. The van der Waals surface area contributed by atoms with Gasteiger partial charge in [-0.3, -0.25) is 24.2 Å². The Morgan fingerprint density at radius 1 is 0.939 bits per heavy atom. The molecule has 2 aromatic heterocycles. The van der Waals surface area contributed by atoms with Crippen molar-refractivity contribution in [3.63, 3.8) is 0 Å². The molecule has 2 aliphatic heterocycles. The Morgan fingerprint density at radius 3 is 2.27 bits per heavy atom. The van der Waals surface area contributed by atoms with E-state index in [2.05, 4.69) is 14.9 Å². The SMILES string of the molecule is CC(C)(C)OC(=O)n1cc(C[C@@H]2CN3CC(c4cnccn4)=CC[C@@H]3CN2C(=O)c2cc(C(F)(F)F)cc(C(F)(F)F)c2)c2ccccc21. The molecule has 2 aromatic carbocycles. The van der Waals surface area contributed by atoms with E-state index in [0.717, 1.165) is 5.57 Å². The fourth-order valence-electron chi connectivity index (χ4n) is 6.44. The minimum Gasteiger partial charge on any atom is -0.443 e. The molecule has 0 bridgehead atoms. The third-order valence-electron chi connectivity index (χ3n) is 8.65. The van der Waals surface area contributed by atoms with Crippen LogP contribution in [0, 0.1) is 0 Å². The fraction of sp³-hybridized carbons (Fsp3) is 0.371. The lowest BCUT2D eigenvalue weighted by Crippen LogP contribution is -2.61. The number of carbonyl (C=O) groups is 2. The predicted molar refractivity (Wildman–Crippen MR) is 169 cm³/mol. The van der Waals surface area contributed by atoms with Crippen molar-refractivity contribution in [2.75, 3.05) is 19.6 Å². The Hall–Kier alpha value is -4.72. The number of aromatic nitrogens is 3. The van der Waals surface area contributed by atoms with Crippen LogP contribution in [0.5, 0.6) is 0 Å². The van der Waals surface area contributed by atoms with Crippen LogP contribution in [0.15, 0.2) is 73.3 Å². The molecule has 4 aromatic rings. The number of benzene rings is 2. The Morgan fingerprint density at radius 2 is 1.63 bits per heavy atom. The van der Waals surface area contributed by atoms with E-state index in [9.17, 15) is 35.9 Å². The number of piperazine rings is 1. The van der Waals surface area contributed by atoms with Crippen molar-refractivity contribution in [2.45, 2.75) is 63.7 Å². The molecule has 4 heterocycles. The minimum atomic E-state index is -5.11. The third kappa shape index (κ3) is 7.33. The summed E-state index contributed by atoms with van der Waals surface area (Å²) < 4.78 is 89.6. The lowest BCUT2D eigenvalue weighted by Gasteiger charge is -2.48. The summed E-state index contributed by atoms with van der Waals surface area (Å²) in [5.74, 6) is -0.944. The van der Waals surface area contributed by atoms with Gasteiger partial charge in [0.25, 0.3) is 5.91 Å². The molecule has 0 saturated carbocycles. The summed E-state index contributed by atoms with van der Waals surface area (Å²) in [6.45, 7) is 5.96. The number of nitrogens with zero attached hydrogens (tertiary/aromatic N) is 5. The van der Waals surface area contributed by atoms with E-state index in [1.165, 1.54) is 9.47 Å². The van der Waals surface area contributed by atoms with Crippen LogP contribution < -0.4 is 0 Å². The Balaban J connectivity index is 1.40. The molecule has 2 atom stereocenters. The second-order valence-corrected chi connectivity index (χ2v) is 13.3.